The summed E-state index contributed by atoms with van der Waals surface area (Å²) in [6.07, 6.45) is 3.95. The molecule has 1 atom stereocenters. The second-order valence-corrected chi connectivity index (χ2v) is 4.60. The minimum Gasteiger partial charge on any atom is -0.256 e. The molecule has 0 aliphatic carbocycles. The Balaban J connectivity index is 2.23. The SMILES string of the molecule is CC(Cl)CCc1cnc2ccccc2c1. The van der Waals surface area contributed by atoms with Crippen LogP contribution >= 0.6 is 11.6 Å². The fraction of sp³-hybridized carbons (Fsp3) is 0.308. The number of hydrogen-bond acceptors (Lipinski definition) is 1. The van der Waals surface area contributed by atoms with E-state index in [1.165, 1.54) is 10.9 Å². The number of aryl methyl sites for hydroxylation is 1. The molecule has 0 aliphatic rings. The lowest BCUT2D eigenvalue weighted by Gasteiger charge is -2.04. The quantitative estimate of drug-likeness (QED) is 0.716. The lowest BCUT2D eigenvalue weighted by Crippen LogP contribution is -1.95. The van der Waals surface area contributed by atoms with Gasteiger partial charge in [0.2, 0.25) is 0 Å². The monoisotopic (exact) mass is 219 g/mol. The first kappa shape index (κ1) is 10.4. The van der Waals surface area contributed by atoms with E-state index in [-0.39, 0.29) is 5.38 Å². The average Bonchev–Trinajstić information content (AvgIpc) is 2.26. The number of pyridine rings is 1. The van der Waals surface area contributed by atoms with Crippen LogP contribution in [0.1, 0.15) is 18.9 Å². The van der Waals surface area contributed by atoms with E-state index in [1.54, 1.807) is 0 Å². The van der Waals surface area contributed by atoms with Crippen LogP contribution in [0.15, 0.2) is 36.5 Å². The molecule has 0 amide bonds. The Hall–Kier alpha value is -1.08. The molecule has 2 aromatic rings. The van der Waals surface area contributed by atoms with Crippen molar-refractivity contribution in [2.45, 2.75) is 25.1 Å². The summed E-state index contributed by atoms with van der Waals surface area (Å²) < 4.78 is 0. The van der Waals surface area contributed by atoms with Gasteiger partial charge in [0.15, 0.2) is 0 Å². The van der Waals surface area contributed by atoms with E-state index in [4.69, 9.17) is 11.6 Å². The van der Waals surface area contributed by atoms with Crippen LogP contribution in [0.2, 0.25) is 0 Å². The van der Waals surface area contributed by atoms with Crippen molar-refractivity contribution in [1.29, 1.82) is 0 Å². The lowest BCUT2D eigenvalue weighted by molar-refractivity contribution is 0.801. The maximum Gasteiger partial charge on any atom is 0.0702 e. The van der Waals surface area contributed by atoms with Crippen LogP contribution in [0.3, 0.4) is 0 Å². The van der Waals surface area contributed by atoms with Crippen molar-refractivity contribution in [3.63, 3.8) is 0 Å². The van der Waals surface area contributed by atoms with Gasteiger partial charge in [0.05, 0.1) is 5.52 Å². The highest BCUT2D eigenvalue weighted by Gasteiger charge is 2.00. The molecule has 2 heteroatoms. The first-order chi connectivity index (χ1) is 7.25. The molecule has 1 heterocycles. The van der Waals surface area contributed by atoms with E-state index < -0.39 is 0 Å². The number of para-hydroxylation sites is 1. The fourth-order valence-corrected chi connectivity index (χ4v) is 1.73. The second kappa shape index (κ2) is 4.63. The summed E-state index contributed by atoms with van der Waals surface area (Å²) in [5.41, 5.74) is 2.32. The fourth-order valence-electron chi connectivity index (χ4n) is 1.62. The summed E-state index contributed by atoms with van der Waals surface area (Å²) in [5, 5.41) is 1.44. The third-order valence-corrected chi connectivity index (χ3v) is 2.70. The number of halogens is 1. The van der Waals surface area contributed by atoms with Gasteiger partial charge in [-0.25, -0.2) is 0 Å². The second-order valence-electron chi connectivity index (χ2n) is 3.86. The summed E-state index contributed by atoms with van der Waals surface area (Å²) in [6.45, 7) is 2.02. The van der Waals surface area contributed by atoms with Crippen LogP contribution in [0.25, 0.3) is 10.9 Å². The van der Waals surface area contributed by atoms with Gasteiger partial charge in [-0.15, -0.1) is 11.6 Å². The summed E-state index contributed by atoms with van der Waals surface area (Å²) in [6, 6.07) is 10.4. The largest absolute Gasteiger partial charge is 0.256 e. The van der Waals surface area contributed by atoms with Crippen molar-refractivity contribution in [3.8, 4) is 0 Å². The van der Waals surface area contributed by atoms with Crippen molar-refractivity contribution in [1.82, 2.24) is 4.98 Å². The van der Waals surface area contributed by atoms with Gasteiger partial charge in [-0.1, -0.05) is 18.2 Å². The molecule has 2 rings (SSSR count). The number of fused-ring (bicyclic) bond motifs is 1. The molecular formula is C13H14ClN. The van der Waals surface area contributed by atoms with Gasteiger partial charge in [-0.05, 0) is 37.5 Å². The zero-order chi connectivity index (χ0) is 10.7. The number of aromatic nitrogens is 1. The molecule has 0 N–H and O–H groups in total. The molecule has 0 saturated heterocycles. The molecule has 0 fully saturated rings. The lowest BCUT2D eigenvalue weighted by atomic mass is 10.1. The third kappa shape index (κ3) is 2.69. The molecule has 0 saturated carbocycles. The number of benzene rings is 1. The number of nitrogens with zero attached hydrogens (tertiary/aromatic N) is 1. The highest BCUT2D eigenvalue weighted by atomic mass is 35.5. The predicted octanol–water partition coefficient (Wildman–Crippen LogP) is 3.79. The normalized spacial score (nSPS) is 12.9. The topological polar surface area (TPSA) is 12.9 Å². The van der Waals surface area contributed by atoms with Crippen LogP contribution in [-0.2, 0) is 6.42 Å². The van der Waals surface area contributed by atoms with Gasteiger partial charge >= 0.3 is 0 Å². The Kier molecular flexibility index (Phi) is 3.22. The van der Waals surface area contributed by atoms with Gasteiger partial charge in [-0.3, -0.25) is 4.98 Å². The van der Waals surface area contributed by atoms with Gasteiger partial charge in [0.25, 0.3) is 0 Å². The van der Waals surface area contributed by atoms with Crippen molar-refractivity contribution >= 4 is 22.5 Å². The molecule has 15 heavy (non-hydrogen) atoms. The summed E-state index contributed by atoms with van der Waals surface area (Å²) in [5.74, 6) is 0. The summed E-state index contributed by atoms with van der Waals surface area (Å²) >= 11 is 5.93. The van der Waals surface area contributed by atoms with Gasteiger partial charge in [-0.2, -0.15) is 0 Å². The van der Waals surface area contributed by atoms with Gasteiger partial charge in [0.1, 0.15) is 0 Å². The average molecular weight is 220 g/mol. The molecule has 1 aromatic heterocycles. The zero-order valence-electron chi connectivity index (χ0n) is 8.78. The molecule has 1 unspecified atom stereocenters. The minimum absolute atomic E-state index is 0.233. The van der Waals surface area contributed by atoms with E-state index in [0.717, 1.165) is 18.4 Å². The summed E-state index contributed by atoms with van der Waals surface area (Å²) in [4.78, 5) is 4.42. The van der Waals surface area contributed by atoms with Gasteiger partial charge < -0.3 is 0 Å². The van der Waals surface area contributed by atoms with Crippen molar-refractivity contribution in [3.05, 3.63) is 42.1 Å². The molecular weight excluding hydrogens is 206 g/mol. The van der Waals surface area contributed by atoms with Crippen molar-refractivity contribution < 1.29 is 0 Å². The Morgan fingerprint density at radius 1 is 1.33 bits per heavy atom. The zero-order valence-corrected chi connectivity index (χ0v) is 9.54. The van der Waals surface area contributed by atoms with Crippen LogP contribution < -0.4 is 0 Å². The number of hydrogen-bond donors (Lipinski definition) is 0. The predicted molar refractivity (Wildman–Crippen MR) is 65.4 cm³/mol. The third-order valence-electron chi connectivity index (χ3n) is 2.48. The molecule has 0 bridgehead atoms. The van der Waals surface area contributed by atoms with Crippen molar-refractivity contribution in [2.24, 2.45) is 0 Å². The van der Waals surface area contributed by atoms with E-state index in [2.05, 4.69) is 17.1 Å². The molecule has 78 valence electrons. The standard InChI is InChI=1S/C13H14ClN/c1-10(14)6-7-11-8-12-4-2-3-5-13(12)15-9-11/h2-5,8-10H,6-7H2,1H3. The van der Waals surface area contributed by atoms with Crippen LogP contribution in [0, 0.1) is 0 Å². The maximum absolute atomic E-state index is 5.93. The molecule has 0 spiro atoms. The molecule has 0 aliphatic heterocycles. The van der Waals surface area contributed by atoms with E-state index in [1.807, 2.05) is 31.3 Å². The summed E-state index contributed by atoms with van der Waals surface area (Å²) in [7, 11) is 0. The molecule has 1 nitrogen and oxygen atoms in total. The van der Waals surface area contributed by atoms with Crippen LogP contribution in [-0.4, -0.2) is 10.4 Å². The van der Waals surface area contributed by atoms with E-state index >= 15 is 0 Å². The number of rotatable bonds is 3. The Morgan fingerprint density at radius 2 is 2.13 bits per heavy atom. The molecule has 0 radical (unpaired) electrons. The van der Waals surface area contributed by atoms with Crippen molar-refractivity contribution in [2.75, 3.05) is 0 Å². The highest BCUT2D eigenvalue weighted by molar-refractivity contribution is 6.20. The number of alkyl halides is 1. The maximum atomic E-state index is 5.93. The first-order valence-corrected chi connectivity index (χ1v) is 5.67. The Labute approximate surface area is 95.1 Å². The minimum atomic E-state index is 0.233. The van der Waals surface area contributed by atoms with E-state index in [0.29, 0.717) is 0 Å². The van der Waals surface area contributed by atoms with E-state index in [9.17, 15) is 0 Å². The van der Waals surface area contributed by atoms with Gasteiger partial charge in [0, 0.05) is 17.0 Å². The van der Waals surface area contributed by atoms with Crippen LogP contribution in [0.4, 0.5) is 0 Å². The Morgan fingerprint density at radius 3 is 2.93 bits per heavy atom. The molecule has 1 aromatic carbocycles. The van der Waals surface area contributed by atoms with Crippen LogP contribution in [0.5, 0.6) is 0 Å². The highest BCUT2D eigenvalue weighted by Crippen LogP contribution is 2.15. The Bertz CT molecular complexity index is 451. The first-order valence-electron chi connectivity index (χ1n) is 5.23. The smallest absolute Gasteiger partial charge is 0.0702 e.